The van der Waals surface area contributed by atoms with Gasteiger partial charge in [-0.05, 0) is 56.2 Å². The Hall–Kier alpha value is -2.18. The van der Waals surface area contributed by atoms with E-state index in [0.717, 1.165) is 30.4 Å². The molecule has 6 heteroatoms. The molecule has 1 fully saturated rings. The summed E-state index contributed by atoms with van der Waals surface area (Å²) >= 11 is 0. The van der Waals surface area contributed by atoms with Crippen LogP contribution in [0.15, 0.2) is 30.3 Å². The van der Waals surface area contributed by atoms with Gasteiger partial charge in [-0.15, -0.1) is 0 Å². The lowest BCUT2D eigenvalue weighted by atomic mass is 10.0. The second kappa shape index (κ2) is 8.96. The third-order valence-corrected chi connectivity index (χ3v) is 4.68. The van der Waals surface area contributed by atoms with Gasteiger partial charge in [-0.3, -0.25) is 20.1 Å². The maximum atomic E-state index is 12.4. The summed E-state index contributed by atoms with van der Waals surface area (Å²) in [7, 11) is 0. The molecule has 1 aliphatic carbocycles. The van der Waals surface area contributed by atoms with Crippen LogP contribution in [0.1, 0.15) is 51.2 Å². The van der Waals surface area contributed by atoms with Gasteiger partial charge in [-0.2, -0.15) is 0 Å². The Morgan fingerprint density at radius 2 is 1.96 bits per heavy atom. The fourth-order valence-electron chi connectivity index (χ4n) is 2.91. The minimum atomic E-state index is -0.760. The van der Waals surface area contributed by atoms with Crippen molar-refractivity contribution in [1.29, 1.82) is 0 Å². The molecular weight excluding hydrogens is 332 g/mol. The molecule has 2 rings (SSSR count). The first-order chi connectivity index (χ1) is 12.3. The first kappa shape index (κ1) is 20.1. The summed E-state index contributed by atoms with van der Waals surface area (Å²) in [5.41, 5.74) is 2.64. The molecule has 0 aromatic heterocycles. The summed E-state index contributed by atoms with van der Waals surface area (Å²) in [5, 5.41) is 11.7. The van der Waals surface area contributed by atoms with E-state index in [1.807, 2.05) is 38.1 Å². The number of esters is 1. The lowest BCUT2D eigenvalue weighted by molar-refractivity contribution is -0.155. The zero-order valence-corrected chi connectivity index (χ0v) is 15.6. The van der Waals surface area contributed by atoms with Crippen LogP contribution in [-0.4, -0.2) is 28.7 Å². The van der Waals surface area contributed by atoms with Crippen LogP contribution in [0.3, 0.4) is 0 Å². The van der Waals surface area contributed by atoms with E-state index in [-0.39, 0.29) is 12.1 Å². The molecule has 1 saturated carbocycles. The molecule has 6 nitrogen and oxygen atoms in total. The van der Waals surface area contributed by atoms with Gasteiger partial charge in [-0.25, -0.2) is 5.48 Å². The predicted octanol–water partition coefficient (Wildman–Crippen LogP) is 2.81. The lowest BCUT2D eigenvalue weighted by Crippen LogP contribution is -2.48. The molecule has 26 heavy (non-hydrogen) atoms. The minimum Gasteiger partial charge on any atom is -0.461 e. The summed E-state index contributed by atoms with van der Waals surface area (Å²) in [6.07, 6.45) is 5.91. The second-order valence-electron chi connectivity index (χ2n) is 7.48. The summed E-state index contributed by atoms with van der Waals surface area (Å²) < 4.78 is 5.65. The topological polar surface area (TPSA) is 87.7 Å². The van der Waals surface area contributed by atoms with Crippen LogP contribution in [0, 0.1) is 5.92 Å². The molecule has 2 atom stereocenters. The van der Waals surface area contributed by atoms with E-state index in [1.54, 1.807) is 11.6 Å². The molecule has 142 valence electrons. The predicted molar refractivity (Wildman–Crippen MR) is 99.2 cm³/mol. The number of hydroxylamine groups is 1. The van der Waals surface area contributed by atoms with Crippen molar-refractivity contribution < 1.29 is 19.5 Å². The van der Waals surface area contributed by atoms with E-state index in [9.17, 15) is 9.59 Å². The van der Waals surface area contributed by atoms with Gasteiger partial charge in [0.2, 0.25) is 0 Å². The Kier molecular flexibility index (Phi) is 6.94. The number of rotatable bonds is 7. The third-order valence-electron chi connectivity index (χ3n) is 4.68. The Bertz CT molecular complexity index is 652. The van der Waals surface area contributed by atoms with Crippen LogP contribution in [0.2, 0.25) is 0 Å². The van der Waals surface area contributed by atoms with E-state index < -0.39 is 11.4 Å². The van der Waals surface area contributed by atoms with E-state index in [4.69, 9.17) is 9.94 Å². The number of ether oxygens (including phenoxy) is 1. The van der Waals surface area contributed by atoms with Crippen LogP contribution in [0.5, 0.6) is 0 Å². The smallest absolute Gasteiger partial charge is 0.326 e. The van der Waals surface area contributed by atoms with Crippen molar-refractivity contribution >= 4 is 18.0 Å². The van der Waals surface area contributed by atoms with Gasteiger partial charge in [-0.1, -0.05) is 31.2 Å². The number of amides is 1. The average Bonchev–Trinajstić information content (AvgIpc) is 3.03. The largest absolute Gasteiger partial charge is 0.461 e. The molecule has 1 amide bonds. The highest BCUT2D eigenvalue weighted by Gasteiger charge is 2.33. The maximum absolute atomic E-state index is 12.4. The molecule has 0 radical (unpaired) electrons. The summed E-state index contributed by atoms with van der Waals surface area (Å²) in [5.74, 6) is -0.168. The molecule has 2 unspecified atom stereocenters. The van der Waals surface area contributed by atoms with Gasteiger partial charge >= 0.3 is 5.97 Å². The fraction of sp³-hybridized carbons (Fsp3) is 0.500. The molecule has 1 aromatic rings. The molecule has 0 spiro atoms. The van der Waals surface area contributed by atoms with Gasteiger partial charge in [0.15, 0.2) is 0 Å². The first-order valence-corrected chi connectivity index (χ1v) is 8.97. The summed E-state index contributed by atoms with van der Waals surface area (Å²) in [6.45, 7) is 6.38. The monoisotopic (exact) mass is 360 g/mol. The highest BCUT2D eigenvalue weighted by atomic mass is 16.5. The zero-order chi connectivity index (χ0) is 19.2. The average molecular weight is 360 g/mol. The molecule has 3 N–H and O–H groups in total. The number of benzene rings is 1. The van der Waals surface area contributed by atoms with E-state index in [0.29, 0.717) is 12.5 Å². The van der Waals surface area contributed by atoms with Crippen LogP contribution >= 0.6 is 0 Å². The van der Waals surface area contributed by atoms with Crippen LogP contribution in [-0.2, 0) is 20.9 Å². The second-order valence-corrected chi connectivity index (χ2v) is 7.48. The quantitative estimate of drug-likeness (QED) is 0.301. The van der Waals surface area contributed by atoms with Crippen molar-refractivity contribution in [3.63, 3.8) is 0 Å². The highest BCUT2D eigenvalue weighted by Crippen LogP contribution is 2.28. The number of carbonyl (C=O) groups is 2. The molecule has 1 aliphatic rings. The lowest BCUT2D eigenvalue weighted by Gasteiger charge is -2.26. The van der Waals surface area contributed by atoms with Gasteiger partial charge in [0.1, 0.15) is 11.6 Å². The Morgan fingerprint density at radius 1 is 1.27 bits per heavy atom. The maximum Gasteiger partial charge on any atom is 0.326 e. The van der Waals surface area contributed by atoms with Crippen LogP contribution < -0.4 is 10.8 Å². The van der Waals surface area contributed by atoms with Gasteiger partial charge < -0.3 is 4.74 Å². The van der Waals surface area contributed by atoms with Crippen molar-refractivity contribution in [2.45, 2.75) is 58.2 Å². The zero-order valence-electron chi connectivity index (χ0n) is 15.6. The van der Waals surface area contributed by atoms with Crippen molar-refractivity contribution in [2.75, 3.05) is 0 Å². The molecule has 1 aromatic carbocycles. The molecule has 0 aliphatic heterocycles. The fourth-order valence-corrected chi connectivity index (χ4v) is 2.91. The Labute approximate surface area is 154 Å². The van der Waals surface area contributed by atoms with Crippen molar-refractivity contribution in [2.24, 2.45) is 5.92 Å². The van der Waals surface area contributed by atoms with Crippen molar-refractivity contribution in [3.8, 4) is 0 Å². The van der Waals surface area contributed by atoms with E-state index in [1.165, 1.54) is 6.08 Å². The van der Waals surface area contributed by atoms with Crippen LogP contribution in [0.4, 0.5) is 0 Å². The summed E-state index contributed by atoms with van der Waals surface area (Å²) in [4.78, 5) is 23.4. The number of hydrogen-bond acceptors (Lipinski definition) is 5. The molecule has 0 bridgehead atoms. The minimum absolute atomic E-state index is 0.0424. The van der Waals surface area contributed by atoms with Crippen molar-refractivity contribution in [3.05, 3.63) is 41.5 Å². The van der Waals surface area contributed by atoms with Gasteiger partial charge in [0.25, 0.3) is 5.91 Å². The number of carbonyl (C=O) groups excluding carboxylic acids is 2. The summed E-state index contributed by atoms with van der Waals surface area (Å²) in [6, 6.07) is 7.57. The SMILES string of the molecule is CC1CCC(OC(=O)C(C)(C)NCc2ccc(/C=C/C(=O)NO)cc2)C1. The van der Waals surface area contributed by atoms with E-state index >= 15 is 0 Å². The normalized spacial score (nSPS) is 20.3. The van der Waals surface area contributed by atoms with E-state index in [2.05, 4.69) is 12.2 Å². The Morgan fingerprint density at radius 3 is 2.54 bits per heavy atom. The standard InChI is InChI=1S/C20H28N2O4/c1-14-4-10-17(12-14)26-19(24)20(2,3)21-13-16-7-5-15(6-8-16)9-11-18(23)22-25/h5-9,11,14,17,21,25H,4,10,12-13H2,1-3H3,(H,22,23)/b11-9+. The third kappa shape index (κ3) is 5.97. The molecule has 0 heterocycles. The molecular formula is C20H28N2O4. The van der Waals surface area contributed by atoms with Crippen LogP contribution in [0.25, 0.3) is 6.08 Å². The number of nitrogens with one attached hydrogen (secondary N) is 2. The van der Waals surface area contributed by atoms with Gasteiger partial charge in [0.05, 0.1) is 0 Å². The van der Waals surface area contributed by atoms with Crippen molar-refractivity contribution in [1.82, 2.24) is 10.8 Å². The first-order valence-electron chi connectivity index (χ1n) is 8.97. The Balaban J connectivity index is 1.85. The highest BCUT2D eigenvalue weighted by molar-refractivity contribution is 5.90. The van der Waals surface area contributed by atoms with Gasteiger partial charge in [0, 0.05) is 12.6 Å². The number of hydrogen-bond donors (Lipinski definition) is 3. The molecule has 0 saturated heterocycles.